The summed E-state index contributed by atoms with van der Waals surface area (Å²) in [6, 6.07) is 13.3. The second-order valence-electron chi connectivity index (χ2n) is 5.91. The number of thiophene rings is 1. The number of benzene rings is 2. The molecule has 0 aliphatic heterocycles. The highest BCUT2D eigenvalue weighted by Crippen LogP contribution is 2.29. The summed E-state index contributed by atoms with van der Waals surface area (Å²) >= 11 is 1.02. The number of nitrogens with one attached hydrogen (secondary N) is 2. The Balaban J connectivity index is 1.75. The van der Waals surface area contributed by atoms with Crippen LogP contribution in [0.15, 0.2) is 75.4 Å². The highest BCUT2D eigenvalue weighted by Gasteiger charge is 2.30. The number of nitrogens with zero attached hydrogens (tertiary/aromatic N) is 1. The van der Waals surface area contributed by atoms with Crippen molar-refractivity contribution < 1.29 is 26.4 Å². The fourth-order valence-electron chi connectivity index (χ4n) is 2.40. The molecule has 3 aromatic rings. The number of hydrogen-bond acceptors (Lipinski definition) is 5. The maximum atomic E-state index is 12.8. The van der Waals surface area contributed by atoms with E-state index in [1.807, 2.05) is 0 Å². The monoisotopic (exact) mass is 453 g/mol. The summed E-state index contributed by atoms with van der Waals surface area (Å²) in [5.74, 6) is -0.734. The number of anilines is 1. The van der Waals surface area contributed by atoms with Crippen molar-refractivity contribution in [2.45, 2.75) is 10.4 Å². The van der Waals surface area contributed by atoms with Gasteiger partial charge in [0.15, 0.2) is 0 Å². The fourth-order valence-corrected chi connectivity index (χ4v) is 4.48. The maximum Gasteiger partial charge on any atom is 0.416 e. The summed E-state index contributed by atoms with van der Waals surface area (Å²) in [4.78, 5) is 12.4. The van der Waals surface area contributed by atoms with E-state index in [0.717, 1.165) is 29.7 Å². The number of halogens is 3. The van der Waals surface area contributed by atoms with Crippen LogP contribution in [0.1, 0.15) is 21.5 Å². The normalized spacial score (nSPS) is 12.1. The lowest BCUT2D eigenvalue weighted by molar-refractivity contribution is -0.137. The SMILES string of the molecule is O=C(N/N=C/c1cccc(C(F)(F)F)c1)c1ccccc1NS(=O)(=O)c1cccs1. The van der Waals surface area contributed by atoms with Gasteiger partial charge in [-0.25, -0.2) is 13.8 Å². The molecular formula is C19H14F3N3O3S2. The summed E-state index contributed by atoms with van der Waals surface area (Å²) in [7, 11) is -3.86. The van der Waals surface area contributed by atoms with Gasteiger partial charge in [-0.1, -0.05) is 30.3 Å². The number of hydrazone groups is 1. The van der Waals surface area contributed by atoms with Gasteiger partial charge in [0.05, 0.1) is 23.0 Å². The molecule has 6 nitrogen and oxygen atoms in total. The first-order chi connectivity index (χ1) is 14.2. The Morgan fingerprint density at radius 1 is 1.03 bits per heavy atom. The predicted molar refractivity (Wildman–Crippen MR) is 108 cm³/mol. The molecule has 1 amide bonds. The number of hydrogen-bond donors (Lipinski definition) is 2. The van der Waals surface area contributed by atoms with Crippen LogP contribution in [0, 0.1) is 0 Å². The third kappa shape index (κ3) is 5.24. The second-order valence-corrected chi connectivity index (χ2v) is 8.76. The molecule has 0 radical (unpaired) electrons. The van der Waals surface area contributed by atoms with Gasteiger partial charge in [-0.2, -0.15) is 18.3 Å². The van der Waals surface area contributed by atoms with E-state index in [2.05, 4.69) is 15.2 Å². The molecule has 3 rings (SSSR count). The van der Waals surface area contributed by atoms with Gasteiger partial charge < -0.3 is 0 Å². The third-order valence-electron chi connectivity index (χ3n) is 3.77. The molecule has 2 N–H and O–H groups in total. The Kier molecular flexibility index (Phi) is 6.22. The molecule has 0 saturated heterocycles. The fraction of sp³-hybridized carbons (Fsp3) is 0.0526. The van der Waals surface area contributed by atoms with Crippen molar-refractivity contribution in [1.29, 1.82) is 0 Å². The summed E-state index contributed by atoms with van der Waals surface area (Å²) in [5, 5.41) is 5.27. The predicted octanol–water partition coefficient (Wildman–Crippen LogP) is 4.33. The van der Waals surface area contributed by atoms with Crippen LogP contribution in [-0.2, 0) is 16.2 Å². The molecule has 0 unspecified atom stereocenters. The topological polar surface area (TPSA) is 87.6 Å². The number of sulfonamides is 1. The zero-order valence-electron chi connectivity index (χ0n) is 15.1. The molecular weight excluding hydrogens is 439 g/mol. The Labute approximate surface area is 174 Å². The molecule has 0 aliphatic rings. The minimum Gasteiger partial charge on any atom is -0.278 e. The van der Waals surface area contributed by atoms with E-state index in [1.54, 1.807) is 17.5 Å². The van der Waals surface area contributed by atoms with Crippen LogP contribution in [0.5, 0.6) is 0 Å². The third-order valence-corrected chi connectivity index (χ3v) is 6.53. The molecule has 0 spiro atoms. The average Bonchev–Trinajstić information content (AvgIpc) is 3.23. The first kappa shape index (κ1) is 21.5. The maximum absolute atomic E-state index is 12.8. The zero-order valence-corrected chi connectivity index (χ0v) is 16.7. The van der Waals surface area contributed by atoms with Gasteiger partial charge in [0, 0.05) is 0 Å². The van der Waals surface area contributed by atoms with Crippen molar-refractivity contribution >= 4 is 39.2 Å². The van der Waals surface area contributed by atoms with Crippen LogP contribution in [0.4, 0.5) is 18.9 Å². The highest BCUT2D eigenvalue weighted by atomic mass is 32.2. The second kappa shape index (κ2) is 8.67. The lowest BCUT2D eigenvalue weighted by Gasteiger charge is -2.10. The van der Waals surface area contributed by atoms with Gasteiger partial charge in [0.25, 0.3) is 15.9 Å². The number of carbonyl (C=O) groups is 1. The van der Waals surface area contributed by atoms with Crippen LogP contribution in [0.2, 0.25) is 0 Å². The summed E-state index contributed by atoms with van der Waals surface area (Å²) in [6.07, 6.45) is -3.43. The van der Waals surface area contributed by atoms with Crippen molar-refractivity contribution in [2.24, 2.45) is 5.10 Å². The molecule has 0 atom stereocenters. The number of carbonyl (C=O) groups excluding carboxylic acids is 1. The van der Waals surface area contributed by atoms with Gasteiger partial charge >= 0.3 is 6.18 Å². The van der Waals surface area contributed by atoms with Gasteiger partial charge in [-0.3, -0.25) is 9.52 Å². The van der Waals surface area contributed by atoms with Crippen LogP contribution in [0.3, 0.4) is 0 Å². The van der Waals surface area contributed by atoms with Gasteiger partial charge in [0.1, 0.15) is 4.21 Å². The molecule has 0 aliphatic carbocycles. The van der Waals surface area contributed by atoms with E-state index >= 15 is 0 Å². The first-order valence-corrected chi connectivity index (χ1v) is 10.7. The van der Waals surface area contributed by atoms with Crippen molar-refractivity contribution in [1.82, 2.24) is 5.43 Å². The van der Waals surface area contributed by atoms with E-state index < -0.39 is 27.7 Å². The molecule has 30 heavy (non-hydrogen) atoms. The highest BCUT2D eigenvalue weighted by molar-refractivity contribution is 7.94. The van der Waals surface area contributed by atoms with E-state index in [9.17, 15) is 26.4 Å². The van der Waals surface area contributed by atoms with Crippen LogP contribution in [-0.4, -0.2) is 20.5 Å². The Morgan fingerprint density at radius 2 is 1.80 bits per heavy atom. The van der Waals surface area contributed by atoms with Crippen molar-refractivity contribution in [3.05, 3.63) is 82.7 Å². The average molecular weight is 453 g/mol. The largest absolute Gasteiger partial charge is 0.416 e. The van der Waals surface area contributed by atoms with E-state index in [-0.39, 0.29) is 21.0 Å². The number of para-hydroxylation sites is 1. The molecule has 1 heterocycles. The summed E-state index contributed by atoms with van der Waals surface area (Å²) in [5.41, 5.74) is 1.52. The number of amides is 1. The molecule has 2 aromatic carbocycles. The van der Waals surface area contributed by atoms with E-state index in [0.29, 0.717) is 0 Å². The number of alkyl halides is 3. The zero-order chi connectivity index (χ0) is 21.8. The number of rotatable bonds is 6. The van der Waals surface area contributed by atoms with E-state index in [1.165, 1.54) is 36.4 Å². The van der Waals surface area contributed by atoms with Gasteiger partial charge in [-0.05, 0) is 41.3 Å². The lowest BCUT2D eigenvalue weighted by atomic mass is 10.1. The minimum absolute atomic E-state index is 0.00109. The Morgan fingerprint density at radius 3 is 2.50 bits per heavy atom. The van der Waals surface area contributed by atoms with Gasteiger partial charge in [-0.15, -0.1) is 11.3 Å². The van der Waals surface area contributed by atoms with Crippen molar-refractivity contribution in [3.8, 4) is 0 Å². The van der Waals surface area contributed by atoms with Crippen LogP contribution in [0.25, 0.3) is 0 Å². The molecule has 0 fully saturated rings. The quantitative estimate of drug-likeness (QED) is 0.430. The molecule has 0 saturated carbocycles. The van der Waals surface area contributed by atoms with Crippen molar-refractivity contribution in [2.75, 3.05) is 4.72 Å². The standard InChI is InChI=1S/C19H14F3N3O3S2/c20-19(21,22)14-6-3-5-13(11-14)12-23-24-18(26)15-7-1-2-8-16(15)25-30(27,28)17-9-4-10-29-17/h1-12,25H,(H,24,26)/b23-12+. The molecule has 0 bridgehead atoms. The summed E-state index contributed by atoms with van der Waals surface area (Å²) in [6.45, 7) is 0. The van der Waals surface area contributed by atoms with Crippen molar-refractivity contribution in [3.63, 3.8) is 0 Å². The minimum atomic E-state index is -4.49. The van der Waals surface area contributed by atoms with Crippen LogP contribution >= 0.6 is 11.3 Å². The Bertz CT molecular complexity index is 1170. The van der Waals surface area contributed by atoms with Gasteiger partial charge in [0.2, 0.25) is 0 Å². The Hall–Kier alpha value is -3.18. The van der Waals surface area contributed by atoms with Crippen LogP contribution < -0.4 is 10.1 Å². The molecule has 1 aromatic heterocycles. The first-order valence-electron chi connectivity index (χ1n) is 8.33. The molecule has 156 valence electrons. The van der Waals surface area contributed by atoms with E-state index in [4.69, 9.17) is 0 Å². The smallest absolute Gasteiger partial charge is 0.278 e. The molecule has 11 heteroatoms. The summed E-state index contributed by atoms with van der Waals surface area (Å²) < 4.78 is 65.5. The lowest BCUT2D eigenvalue weighted by Crippen LogP contribution is -2.21.